The average molecular weight is 275 g/mol. The minimum absolute atomic E-state index is 0.0329. The predicted octanol–water partition coefficient (Wildman–Crippen LogP) is 2.95. The summed E-state index contributed by atoms with van der Waals surface area (Å²) in [5, 5.41) is 7.50. The maximum absolute atomic E-state index is 11.7. The first-order valence-corrected chi connectivity index (χ1v) is 7.21. The number of nitrogens with one attached hydrogen (secondary N) is 1. The molecule has 1 heterocycles. The third-order valence-electron chi connectivity index (χ3n) is 2.47. The van der Waals surface area contributed by atoms with E-state index in [0.29, 0.717) is 11.0 Å². The summed E-state index contributed by atoms with van der Waals surface area (Å²) >= 11 is 1.63. The van der Waals surface area contributed by atoms with Gasteiger partial charge in [-0.3, -0.25) is 4.79 Å². The zero-order valence-electron chi connectivity index (χ0n) is 11.0. The van der Waals surface area contributed by atoms with E-state index in [1.807, 2.05) is 36.5 Å². The average Bonchev–Trinajstić information content (AvgIpc) is 2.91. The van der Waals surface area contributed by atoms with Crippen LogP contribution in [0, 0.1) is 0 Å². The zero-order chi connectivity index (χ0) is 13.7. The summed E-state index contributed by atoms with van der Waals surface area (Å²) in [6.07, 6.45) is 3.62. The lowest BCUT2D eigenvalue weighted by atomic mass is 10.3. The molecule has 0 atom stereocenters. The third kappa shape index (κ3) is 4.13. The van der Waals surface area contributed by atoms with Crippen LogP contribution in [-0.2, 0) is 4.79 Å². The van der Waals surface area contributed by atoms with E-state index in [4.69, 9.17) is 0 Å². The highest BCUT2D eigenvalue weighted by molar-refractivity contribution is 8.00. The summed E-state index contributed by atoms with van der Waals surface area (Å²) in [5.41, 5.74) is 1.78. The molecule has 1 aromatic heterocycles. The molecule has 2 aromatic rings. The minimum atomic E-state index is 0.0329. The van der Waals surface area contributed by atoms with Gasteiger partial charge in [0.1, 0.15) is 0 Å². The maximum atomic E-state index is 11.7. The highest BCUT2D eigenvalue weighted by Gasteiger charge is 2.04. The van der Waals surface area contributed by atoms with E-state index in [0.717, 1.165) is 11.4 Å². The molecule has 0 fully saturated rings. The lowest BCUT2D eigenvalue weighted by Gasteiger charge is -2.08. The molecule has 0 saturated heterocycles. The molecular weight excluding hydrogens is 258 g/mol. The van der Waals surface area contributed by atoms with Crippen LogP contribution in [0.2, 0.25) is 0 Å². The Labute approximate surface area is 117 Å². The fourth-order valence-corrected chi connectivity index (χ4v) is 2.12. The minimum Gasteiger partial charge on any atom is -0.325 e. The Morgan fingerprint density at radius 2 is 2.11 bits per heavy atom. The van der Waals surface area contributed by atoms with Gasteiger partial charge in [-0.05, 0) is 35.6 Å². The number of nitrogens with zero attached hydrogens (tertiary/aromatic N) is 2. The summed E-state index contributed by atoms with van der Waals surface area (Å²) in [7, 11) is 0. The standard InChI is InChI=1S/C14H17N3OS/c1-11(2)19-10-14(18)16-12-4-6-13(7-5-12)17-9-3-8-15-17/h3-9,11H,10H2,1-2H3,(H,16,18). The van der Waals surface area contributed by atoms with Gasteiger partial charge < -0.3 is 5.32 Å². The van der Waals surface area contributed by atoms with Crippen molar-refractivity contribution in [3.8, 4) is 5.69 Å². The Morgan fingerprint density at radius 1 is 1.37 bits per heavy atom. The molecule has 19 heavy (non-hydrogen) atoms. The Morgan fingerprint density at radius 3 is 2.68 bits per heavy atom. The van der Waals surface area contributed by atoms with Crippen LogP contribution in [0.25, 0.3) is 5.69 Å². The van der Waals surface area contributed by atoms with E-state index in [2.05, 4.69) is 24.3 Å². The van der Waals surface area contributed by atoms with Crippen LogP contribution < -0.4 is 5.32 Å². The molecule has 1 aromatic carbocycles. The molecule has 5 heteroatoms. The lowest BCUT2D eigenvalue weighted by molar-refractivity contribution is -0.113. The molecule has 0 spiro atoms. The Hall–Kier alpha value is -1.75. The third-order valence-corrected chi connectivity index (χ3v) is 3.56. The fraction of sp³-hybridized carbons (Fsp3) is 0.286. The molecule has 0 aliphatic rings. The highest BCUT2D eigenvalue weighted by atomic mass is 32.2. The van der Waals surface area contributed by atoms with E-state index in [1.165, 1.54) is 0 Å². The smallest absolute Gasteiger partial charge is 0.234 e. The van der Waals surface area contributed by atoms with Crippen molar-refractivity contribution in [3.05, 3.63) is 42.7 Å². The van der Waals surface area contributed by atoms with Crippen molar-refractivity contribution >= 4 is 23.4 Å². The number of anilines is 1. The van der Waals surface area contributed by atoms with Gasteiger partial charge in [-0.25, -0.2) is 4.68 Å². The summed E-state index contributed by atoms with van der Waals surface area (Å²) in [6, 6.07) is 9.50. The molecule has 0 bridgehead atoms. The van der Waals surface area contributed by atoms with Crippen LogP contribution in [-0.4, -0.2) is 26.7 Å². The van der Waals surface area contributed by atoms with Crippen molar-refractivity contribution in [3.63, 3.8) is 0 Å². The van der Waals surface area contributed by atoms with Crippen LogP contribution in [0.4, 0.5) is 5.69 Å². The summed E-state index contributed by atoms with van der Waals surface area (Å²) in [5.74, 6) is 0.518. The Kier molecular flexibility index (Phi) is 4.63. The SMILES string of the molecule is CC(C)SCC(=O)Nc1ccc(-n2cccn2)cc1. The number of thioether (sulfide) groups is 1. The highest BCUT2D eigenvalue weighted by Crippen LogP contribution is 2.14. The fourth-order valence-electron chi connectivity index (χ4n) is 1.56. The van der Waals surface area contributed by atoms with Crippen LogP contribution in [0.5, 0.6) is 0 Å². The van der Waals surface area contributed by atoms with Gasteiger partial charge in [-0.15, -0.1) is 11.8 Å². The van der Waals surface area contributed by atoms with E-state index in [-0.39, 0.29) is 5.91 Å². The van der Waals surface area contributed by atoms with Crippen LogP contribution >= 0.6 is 11.8 Å². The first-order chi connectivity index (χ1) is 9.15. The van der Waals surface area contributed by atoms with E-state index >= 15 is 0 Å². The first kappa shape index (κ1) is 13.7. The van der Waals surface area contributed by atoms with Crippen molar-refractivity contribution in [1.82, 2.24) is 9.78 Å². The molecule has 0 unspecified atom stereocenters. The molecule has 2 rings (SSSR count). The quantitative estimate of drug-likeness (QED) is 0.912. The monoisotopic (exact) mass is 275 g/mol. The van der Waals surface area contributed by atoms with Gasteiger partial charge in [-0.2, -0.15) is 5.10 Å². The largest absolute Gasteiger partial charge is 0.325 e. The van der Waals surface area contributed by atoms with Crippen molar-refractivity contribution in [2.45, 2.75) is 19.1 Å². The Balaban J connectivity index is 1.94. The van der Waals surface area contributed by atoms with Gasteiger partial charge in [0.05, 0.1) is 11.4 Å². The number of carbonyl (C=O) groups is 1. The zero-order valence-corrected chi connectivity index (χ0v) is 11.9. The van der Waals surface area contributed by atoms with Gasteiger partial charge in [0.2, 0.25) is 5.91 Å². The van der Waals surface area contributed by atoms with Gasteiger partial charge >= 0.3 is 0 Å². The van der Waals surface area contributed by atoms with E-state index in [1.54, 1.807) is 22.6 Å². The number of aromatic nitrogens is 2. The number of hydrogen-bond acceptors (Lipinski definition) is 3. The molecule has 0 radical (unpaired) electrons. The van der Waals surface area contributed by atoms with Crippen LogP contribution in [0.3, 0.4) is 0 Å². The first-order valence-electron chi connectivity index (χ1n) is 6.16. The van der Waals surface area contributed by atoms with Gasteiger partial charge in [0.25, 0.3) is 0 Å². The normalized spacial score (nSPS) is 10.7. The Bertz CT molecular complexity index is 520. The number of hydrogen-bond donors (Lipinski definition) is 1. The van der Waals surface area contributed by atoms with Crippen molar-refractivity contribution in [1.29, 1.82) is 0 Å². The summed E-state index contributed by atoms with van der Waals surface area (Å²) in [4.78, 5) is 11.7. The molecule has 1 amide bonds. The molecule has 0 aliphatic heterocycles. The lowest BCUT2D eigenvalue weighted by Crippen LogP contribution is -2.15. The van der Waals surface area contributed by atoms with Crippen molar-refractivity contribution < 1.29 is 4.79 Å². The molecule has 4 nitrogen and oxygen atoms in total. The van der Waals surface area contributed by atoms with Gasteiger partial charge in [0.15, 0.2) is 0 Å². The van der Waals surface area contributed by atoms with Gasteiger partial charge in [-0.1, -0.05) is 13.8 Å². The number of benzene rings is 1. The van der Waals surface area contributed by atoms with Crippen molar-refractivity contribution in [2.24, 2.45) is 0 Å². The summed E-state index contributed by atoms with van der Waals surface area (Å²) in [6.45, 7) is 4.16. The number of rotatable bonds is 5. The van der Waals surface area contributed by atoms with Crippen LogP contribution in [0.1, 0.15) is 13.8 Å². The van der Waals surface area contributed by atoms with Gasteiger partial charge in [0, 0.05) is 18.1 Å². The number of amides is 1. The molecule has 0 saturated carbocycles. The second-order valence-electron chi connectivity index (χ2n) is 4.41. The second-order valence-corrected chi connectivity index (χ2v) is 5.97. The number of carbonyl (C=O) groups excluding carboxylic acids is 1. The summed E-state index contributed by atoms with van der Waals surface area (Å²) < 4.78 is 1.78. The topological polar surface area (TPSA) is 46.9 Å². The maximum Gasteiger partial charge on any atom is 0.234 e. The second kappa shape index (κ2) is 6.43. The van der Waals surface area contributed by atoms with Crippen LogP contribution in [0.15, 0.2) is 42.7 Å². The van der Waals surface area contributed by atoms with Crippen molar-refractivity contribution in [2.75, 3.05) is 11.1 Å². The molecule has 0 aliphatic carbocycles. The van der Waals surface area contributed by atoms with E-state index < -0.39 is 0 Å². The molecular formula is C14H17N3OS. The predicted molar refractivity (Wildman–Crippen MR) is 79.8 cm³/mol. The molecule has 1 N–H and O–H groups in total. The van der Waals surface area contributed by atoms with E-state index in [9.17, 15) is 4.79 Å². The molecule has 100 valence electrons.